The molecule has 2 unspecified atom stereocenters. The van der Waals surface area contributed by atoms with E-state index in [-0.39, 0.29) is 13.0 Å². The molecule has 0 aliphatic carbocycles. The van der Waals surface area contributed by atoms with Crippen LogP contribution in [0.2, 0.25) is 0 Å². The molecule has 2 atom stereocenters. The number of ether oxygens (including phenoxy) is 2. The van der Waals surface area contributed by atoms with Crippen LogP contribution in [-0.2, 0) is 14.3 Å². The number of amides is 1. The second-order valence-electron chi connectivity index (χ2n) is 6.44. The largest absolute Gasteiger partial charge is 0.460 e. The van der Waals surface area contributed by atoms with Crippen molar-refractivity contribution >= 4 is 12.1 Å². The molecule has 0 spiro atoms. The third kappa shape index (κ3) is 5.75. The average Bonchev–Trinajstić information content (AvgIpc) is 2.65. The van der Waals surface area contributed by atoms with Crippen LogP contribution in [-0.4, -0.2) is 53.0 Å². The lowest BCUT2D eigenvalue weighted by atomic mass is 10.1. The Bertz CT molecular complexity index is 420. The van der Waals surface area contributed by atoms with E-state index in [1.807, 2.05) is 19.9 Å². The maximum absolute atomic E-state index is 11.7. The van der Waals surface area contributed by atoms with Crippen molar-refractivity contribution in [2.45, 2.75) is 58.8 Å². The van der Waals surface area contributed by atoms with Crippen molar-refractivity contribution in [2.75, 3.05) is 13.2 Å². The van der Waals surface area contributed by atoms with E-state index >= 15 is 0 Å². The molecule has 1 N–H and O–H groups in total. The third-order valence-electron chi connectivity index (χ3n) is 2.95. The van der Waals surface area contributed by atoms with E-state index in [9.17, 15) is 14.7 Å². The summed E-state index contributed by atoms with van der Waals surface area (Å²) < 4.78 is 10.1. The van der Waals surface area contributed by atoms with E-state index < -0.39 is 29.8 Å². The normalized spacial score (nSPS) is 20.0. The first-order valence-electron chi connectivity index (χ1n) is 7.07. The fourth-order valence-corrected chi connectivity index (χ4v) is 1.96. The van der Waals surface area contributed by atoms with Gasteiger partial charge < -0.3 is 14.6 Å². The molecule has 0 aromatic rings. The number of allylic oxidation sites excluding steroid dienone is 1. The lowest BCUT2D eigenvalue weighted by Gasteiger charge is -2.26. The minimum Gasteiger partial charge on any atom is -0.460 e. The van der Waals surface area contributed by atoms with Gasteiger partial charge in [-0.3, -0.25) is 9.69 Å². The third-order valence-corrected chi connectivity index (χ3v) is 2.95. The molecular formula is C15H25NO5. The van der Waals surface area contributed by atoms with E-state index in [1.54, 1.807) is 20.8 Å². The van der Waals surface area contributed by atoms with Gasteiger partial charge in [0.1, 0.15) is 12.2 Å². The van der Waals surface area contributed by atoms with Crippen LogP contribution in [0.3, 0.4) is 0 Å². The van der Waals surface area contributed by atoms with Gasteiger partial charge in [0.15, 0.2) is 0 Å². The summed E-state index contributed by atoms with van der Waals surface area (Å²) in [6.45, 7) is 9.58. The van der Waals surface area contributed by atoms with Crippen molar-refractivity contribution in [2.24, 2.45) is 0 Å². The molecular weight excluding hydrogens is 274 g/mol. The molecule has 0 saturated carbocycles. The molecule has 120 valence electrons. The minimum atomic E-state index is -1.00. The van der Waals surface area contributed by atoms with Crippen molar-refractivity contribution in [3.63, 3.8) is 0 Å². The zero-order chi connectivity index (χ0) is 16.2. The monoisotopic (exact) mass is 299 g/mol. The van der Waals surface area contributed by atoms with E-state index in [4.69, 9.17) is 9.47 Å². The summed E-state index contributed by atoms with van der Waals surface area (Å²) in [5.74, 6) is -0.489. The second kappa shape index (κ2) is 6.93. The summed E-state index contributed by atoms with van der Waals surface area (Å²) in [7, 11) is 0. The topological polar surface area (TPSA) is 76.1 Å². The Morgan fingerprint density at radius 2 is 2.14 bits per heavy atom. The predicted molar refractivity (Wildman–Crippen MR) is 77.7 cm³/mol. The van der Waals surface area contributed by atoms with Gasteiger partial charge in [-0.05, 0) is 34.6 Å². The number of hydrogen-bond acceptors (Lipinski definition) is 5. The first kappa shape index (κ1) is 17.5. The molecule has 0 aromatic carbocycles. The molecule has 6 nitrogen and oxygen atoms in total. The molecule has 21 heavy (non-hydrogen) atoms. The van der Waals surface area contributed by atoms with E-state index in [0.29, 0.717) is 6.54 Å². The number of hydrogen-bond donors (Lipinski definition) is 1. The Hall–Kier alpha value is -1.56. The maximum atomic E-state index is 11.7. The SMILES string of the molecule is CC(C)=CCN1C(=O)OCC1C(O)CC(=O)OC(C)(C)C. The smallest absolute Gasteiger partial charge is 0.410 e. The highest BCUT2D eigenvalue weighted by atomic mass is 16.6. The highest BCUT2D eigenvalue weighted by Crippen LogP contribution is 2.19. The summed E-state index contributed by atoms with van der Waals surface area (Å²) in [5, 5.41) is 10.2. The standard InChI is InChI=1S/C15H25NO5/c1-10(2)6-7-16-11(9-20-14(16)19)12(17)8-13(18)21-15(3,4)5/h6,11-12,17H,7-9H2,1-5H3. The van der Waals surface area contributed by atoms with Gasteiger partial charge in [-0.2, -0.15) is 0 Å². The van der Waals surface area contributed by atoms with Crippen LogP contribution in [0.1, 0.15) is 41.0 Å². The lowest BCUT2D eigenvalue weighted by Crippen LogP contribution is -2.43. The highest BCUT2D eigenvalue weighted by molar-refractivity contribution is 5.72. The van der Waals surface area contributed by atoms with Crippen molar-refractivity contribution in [1.82, 2.24) is 4.90 Å². The summed E-state index contributed by atoms with van der Waals surface area (Å²) >= 11 is 0. The lowest BCUT2D eigenvalue weighted by molar-refractivity contribution is -0.157. The Morgan fingerprint density at radius 3 is 2.67 bits per heavy atom. The number of carbonyl (C=O) groups excluding carboxylic acids is 2. The second-order valence-corrected chi connectivity index (χ2v) is 6.44. The van der Waals surface area contributed by atoms with Gasteiger partial charge in [0, 0.05) is 6.54 Å². The maximum Gasteiger partial charge on any atom is 0.410 e. The van der Waals surface area contributed by atoms with Crippen LogP contribution in [0.4, 0.5) is 4.79 Å². The molecule has 0 radical (unpaired) electrons. The van der Waals surface area contributed by atoms with Gasteiger partial charge in [-0.25, -0.2) is 4.79 Å². The molecule has 6 heteroatoms. The number of carbonyl (C=O) groups is 2. The van der Waals surface area contributed by atoms with Gasteiger partial charge in [-0.15, -0.1) is 0 Å². The van der Waals surface area contributed by atoms with E-state index in [0.717, 1.165) is 5.57 Å². The number of nitrogens with zero attached hydrogens (tertiary/aromatic N) is 1. The van der Waals surface area contributed by atoms with Crippen LogP contribution in [0.5, 0.6) is 0 Å². The van der Waals surface area contributed by atoms with Crippen LogP contribution in [0, 0.1) is 0 Å². The molecule has 0 bridgehead atoms. The Kier molecular flexibility index (Phi) is 5.78. The molecule has 0 aromatic heterocycles. The van der Waals surface area contributed by atoms with Crippen molar-refractivity contribution in [3.8, 4) is 0 Å². The summed E-state index contributed by atoms with van der Waals surface area (Å²) in [6.07, 6.45) is 0.238. The summed E-state index contributed by atoms with van der Waals surface area (Å²) in [6, 6.07) is -0.527. The number of aliphatic hydroxyl groups is 1. The summed E-state index contributed by atoms with van der Waals surface area (Å²) in [4.78, 5) is 24.8. The minimum absolute atomic E-state index is 0.0827. The zero-order valence-electron chi connectivity index (χ0n) is 13.4. The molecule has 1 heterocycles. The van der Waals surface area contributed by atoms with Gasteiger partial charge in [0.25, 0.3) is 0 Å². The number of aliphatic hydroxyl groups excluding tert-OH is 1. The van der Waals surface area contributed by atoms with E-state index in [1.165, 1.54) is 4.90 Å². The average molecular weight is 299 g/mol. The van der Waals surface area contributed by atoms with Gasteiger partial charge in [-0.1, -0.05) is 11.6 Å². The predicted octanol–water partition coefficient (Wildman–Crippen LogP) is 1.87. The first-order valence-corrected chi connectivity index (χ1v) is 7.07. The van der Waals surface area contributed by atoms with Crippen molar-refractivity contribution < 1.29 is 24.2 Å². The van der Waals surface area contributed by atoms with Crippen LogP contribution in [0.15, 0.2) is 11.6 Å². The quantitative estimate of drug-likeness (QED) is 0.619. The van der Waals surface area contributed by atoms with Gasteiger partial charge in [0.2, 0.25) is 0 Å². The molecule has 1 rings (SSSR count). The Morgan fingerprint density at radius 1 is 1.52 bits per heavy atom. The summed E-state index contributed by atoms with van der Waals surface area (Å²) in [5.41, 5.74) is 0.468. The number of esters is 1. The fourth-order valence-electron chi connectivity index (χ4n) is 1.96. The molecule has 1 aliphatic rings. The van der Waals surface area contributed by atoms with Crippen LogP contribution < -0.4 is 0 Å². The zero-order valence-corrected chi connectivity index (χ0v) is 13.4. The van der Waals surface area contributed by atoms with Crippen molar-refractivity contribution in [3.05, 3.63) is 11.6 Å². The Labute approximate surface area is 125 Å². The first-order chi connectivity index (χ1) is 9.60. The molecule has 1 aliphatic heterocycles. The fraction of sp³-hybridized carbons (Fsp3) is 0.733. The van der Waals surface area contributed by atoms with Crippen molar-refractivity contribution in [1.29, 1.82) is 0 Å². The van der Waals surface area contributed by atoms with Crippen LogP contribution in [0.25, 0.3) is 0 Å². The Balaban J connectivity index is 2.63. The molecule has 1 saturated heterocycles. The number of cyclic esters (lactones) is 1. The van der Waals surface area contributed by atoms with Gasteiger partial charge in [0.05, 0.1) is 18.6 Å². The molecule has 1 fully saturated rings. The van der Waals surface area contributed by atoms with E-state index in [2.05, 4.69) is 0 Å². The van der Waals surface area contributed by atoms with Gasteiger partial charge >= 0.3 is 12.1 Å². The van der Waals surface area contributed by atoms with Crippen LogP contribution >= 0.6 is 0 Å². The molecule has 1 amide bonds. The highest BCUT2D eigenvalue weighted by Gasteiger charge is 2.38. The number of rotatable bonds is 5.